The summed E-state index contributed by atoms with van der Waals surface area (Å²) in [6.07, 6.45) is 2.56. The SMILES string of the molecule is CC(C)[C@H]1CC[C@H](C)CN1[C@@H](CO)c1ccccc1. The van der Waals surface area contributed by atoms with Crippen LogP contribution in [0.1, 0.15) is 45.2 Å². The molecule has 0 spiro atoms. The Labute approximate surface area is 117 Å². The van der Waals surface area contributed by atoms with E-state index >= 15 is 0 Å². The number of rotatable bonds is 4. The van der Waals surface area contributed by atoms with E-state index in [9.17, 15) is 5.11 Å². The van der Waals surface area contributed by atoms with Crippen LogP contribution < -0.4 is 0 Å². The van der Waals surface area contributed by atoms with Gasteiger partial charge in [-0.25, -0.2) is 0 Å². The first-order valence-corrected chi connectivity index (χ1v) is 7.55. The van der Waals surface area contributed by atoms with Crippen molar-refractivity contribution in [3.63, 3.8) is 0 Å². The molecule has 2 rings (SSSR count). The van der Waals surface area contributed by atoms with Crippen molar-refractivity contribution < 1.29 is 5.11 Å². The van der Waals surface area contributed by atoms with Crippen molar-refractivity contribution in [3.8, 4) is 0 Å². The van der Waals surface area contributed by atoms with Crippen LogP contribution in [0.3, 0.4) is 0 Å². The van der Waals surface area contributed by atoms with Crippen molar-refractivity contribution in [1.82, 2.24) is 4.90 Å². The van der Waals surface area contributed by atoms with Gasteiger partial charge in [0.25, 0.3) is 0 Å². The predicted molar refractivity (Wildman–Crippen MR) is 80.0 cm³/mol. The Balaban J connectivity index is 2.23. The molecule has 2 nitrogen and oxygen atoms in total. The molecule has 1 heterocycles. The molecule has 0 unspecified atom stereocenters. The van der Waals surface area contributed by atoms with Gasteiger partial charge in [-0.05, 0) is 30.2 Å². The average Bonchev–Trinajstić information content (AvgIpc) is 2.40. The second-order valence-electron chi connectivity index (χ2n) is 6.30. The molecule has 0 radical (unpaired) electrons. The zero-order valence-corrected chi connectivity index (χ0v) is 12.4. The molecule has 106 valence electrons. The Hall–Kier alpha value is -0.860. The Morgan fingerprint density at radius 2 is 1.89 bits per heavy atom. The van der Waals surface area contributed by atoms with Gasteiger partial charge in [-0.2, -0.15) is 0 Å². The number of nitrogens with zero attached hydrogens (tertiary/aromatic N) is 1. The third-order valence-electron chi connectivity index (χ3n) is 4.43. The zero-order valence-electron chi connectivity index (χ0n) is 12.4. The molecular weight excluding hydrogens is 234 g/mol. The lowest BCUT2D eigenvalue weighted by Crippen LogP contribution is -2.48. The van der Waals surface area contributed by atoms with Gasteiger partial charge >= 0.3 is 0 Å². The summed E-state index contributed by atoms with van der Waals surface area (Å²) < 4.78 is 0. The molecule has 0 bridgehead atoms. The average molecular weight is 261 g/mol. The van der Waals surface area contributed by atoms with Gasteiger partial charge in [0, 0.05) is 12.6 Å². The Kier molecular flexibility index (Phi) is 5.00. The standard InChI is InChI=1S/C17H27NO/c1-13(2)16-10-9-14(3)11-18(16)17(12-19)15-7-5-4-6-8-15/h4-8,13-14,16-17,19H,9-12H2,1-3H3/t14-,16+,17-/m0/s1. The molecule has 1 aromatic carbocycles. The van der Waals surface area contributed by atoms with E-state index < -0.39 is 0 Å². The number of likely N-dealkylation sites (tertiary alicyclic amines) is 1. The van der Waals surface area contributed by atoms with E-state index in [4.69, 9.17) is 0 Å². The second-order valence-corrected chi connectivity index (χ2v) is 6.30. The molecule has 0 aliphatic carbocycles. The van der Waals surface area contributed by atoms with E-state index in [2.05, 4.69) is 49.9 Å². The fourth-order valence-electron chi connectivity index (χ4n) is 3.36. The molecule has 1 N–H and O–H groups in total. The van der Waals surface area contributed by atoms with Crippen LogP contribution in [0, 0.1) is 11.8 Å². The molecule has 1 aliphatic rings. The van der Waals surface area contributed by atoms with E-state index in [1.54, 1.807) is 0 Å². The number of benzene rings is 1. The van der Waals surface area contributed by atoms with Crippen molar-refractivity contribution in [1.29, 1.82) is 0 Å². The molecule has 1 aromatic rings. The van der Waals surface area contributed by atoms with Gasteiger partial charge in [-0.3, -0.25) is 4.90 Å². The molecule has 0 amide bonds. The molecule has 1 saturated heterocycles. The third-order valence-corrected chi connectivity index (χ3v) is 4.43. The first-order chi connectivity index (χ1) is 9.13. The van der Waals surface area contributed by atoms with Crippen LogP contribution in [0.2, 0.25) is 0 Å². The van der Waals surface area contributed by atoms with Gasteiger partial charge < -0.3 is 5.11 Å². The van der Waals surface area contributed by atoms with Crippen LogP contribution in [0.25, 0.3) is 0 Å². The number of piperidine rings is 1. The van der Waals surface area contributed by atoms with E-state index in [1.807, 2.05) is 6.07 Å². The van der Waals surface area contributed by atoms with Crippen molar-refractivity contribution in [2.45, 2.75) is 45.7 Å². The van der Waals surface area contributed by atoms with E-state index in [1.165, 1.54) is 18.4 Å². The number of aliphatic hydroxyl groups is 1. The highest BCUT2D eigenvalue weighted by atomic mass is 16.3. The van der Waals surface area contributed by atoms with Crippen molar-refractivity contribution in [2.75, 3.05) is 13.2 Å². The maximum Gasteiger partial charge on any atom is 0.0628 e. The fourth-order valence-corrected chi connectivity index (χ4v) is 3.36. The van der Waals surface area contributed by atoms with Crippen LogP contribution in [0.15, 0.2) is 30.3 Å². The minimum Gasteiger partial charge on any atom is -0.394 e. The predicted octanol–water partition coefficient (Wildman–Crippen LogP) is 3.48. The monoisotopic (exact) mass is 261 g/mol. The van der Waals surface area contributed by atoms with Gasteiger partial charge in [-0.1, -0.05) is 51.1 Å². The summed E-state index contributed by atoms with van der Waals surface area (Å²) in [5.74, 6) is 1.37. The molecule has 19 heavy (non-hydrogen) atoms. The van der Waals surface area contributed by atoms with E-state index in [-0.39, 0.29) is 12.6 Å². The van der Waals surface area contributed by atoms with Gasteiger partial charge in [0.05, 0.1) is 12.6 Å². The number of hydrogen-bond donors (Lipinski definition) is 1. The van der Waals surface area contributed by atoms with Crippen molar-refractivity contribution in [3.05, 3.63) is 35.9 Å². The third kappa shape index (κ3) is 3.37. The lowest BCUT2D eigenvalue weighted by atomic mass is 9.86. The molecular formula is C17H27NO. The summed E-state index contributed by atoms with van der Waals surface area (Å²) in [5.41, 5.74) is 1.24. The Morgan fingerprint density at radius 1 is 1.21 bits per heavy atom. The summed E-state index contributed by atoms with van der Waals surface area (Å²) in [6.45, 7) is 8.23. The fraction of sp³-hybridized carbons (Fsp3) is 0.647. The normalized spacial score (nSPS) is 26.6. The van der Waals surface area contributed by atoms with Crippen molar-refractivity contribution >= 4 is 0 Å². The maximum absolute atomic E-state index is 9.88. The Morgan fingerprint density at radius 3 is 2.47 bits per heavy atom. The highest BCUT2D eigenvalue weighted by Gasteiger charge is 2.33. The molecule has 1 fully saturated rings. The number of hydrogen-bond acceptors (Lipinski definition) is 2. The minimum absolute atomic E-state index is 0.149. The quantitative estimate of drug-likeness (QED) is 0.897. The first-order valence-electron chi connectivity index (χ1n) is 7.55. The molecule has 2 heteroatoms. The molecule has 3 atom stereocenters. The van der Waals surface area contributed by atoms with Gasteiger partial charge in [-0.15, -0.1) is 0 Å². The van der Waals surface area contributed by atoms with Crippen LogP contribution >= 0.6 is 0 Å². The largest absolute Gasteiger partial charge is 0.394 e. The second kappa shape index (κ2) is 6.53. The van der Waals surface area contributed by atoms with E-state index in [0.29, 0.717) is 12.0 Å². The topological polar surface area (TPSA) is 23.5 Å². The van der Waals surface area contributed by atoms with E-state index in [0.717, 1.165) is 12.5 Å². The summed E-state index contributed by atoms with van der Waals surface area (Å²) in [5, 5.41) is 9.88. The van der Waals surface area contributed by atoms with Gasteiger partial charge in [0.1, 0.15) is 0 Å². The minimum atomic E-state index is 0.149. The molecule has 1 aliphatic heterocycles. The summed E-state index contributed by atoms with van der Waals surface area (Å²) in [6, 6.07) is 11.2. The Bertz CT molecular complexity index is 376. The summed E-state index contributed by atoms with van der Waals surface area (Å²) in [7, 11) is 0. The van der Waals surface area contributed by atoms with Gasteiger partial charge in [0.15, 0.2) is 0 Å². The van der Waals surface area contributed by atoms with Crippen LogP contribution in [0.5, 0.6) is 0 Å². The van der Waals surface area contributed by atoms with Gasteiger partial charge in [0.2, 0.25) is 0 Å². The molecule has 0 saturated carbocycles. The smallest absolute Gasteiger partial charge is 0.0628 e. The maximum atomic E-state index is 9.88. The first kappa shape index (κ1) is 14.5. The highest BCUT2D eigenvalue weighted by molar-refractivity contribution is 5.19. The number of aliphatic hydroxyl groups excluding tert-OH is 1. The van der Waals surface area contributed by atoms with Crippen molar-refractivity contribution in [2.24, 2.45) is 11.8 Å². The van der Waals surface area contributed by atoms with Crippen LogP contribution in [-0.4, -0.2) is 29.2 Å². The summed E-state index contributed by atoms with van der Waals surface area (Å²) >= 11 is 0. The van der Waals surface area contributed by atoms with Crippen LogP contribution in [-0.2, 0) is 0 Å². The highest BCUT2D eigenvalue weighted by Crippen LogP contribution is 2.33. The zero-order chi connectivity index (χ0) is 13.8. The van der Waals surface area contributed by atoms with Crippen LogP contribution in [0.4, 0.5) is 0 Å². The molecule has 0 aromatic heterocycles. The lowest BCUT2D eigenvalue weighted by molar-refractivity contribution is 0.0166. The summed E-state index contributed by atoms with van der Waals surface area (Å²) in [4.78, 5) is 2.54. The lowest BCUT2D eigenvalue weighted by Gasteiger charge is -2.45.